The smallest absolute Gasteiger partial charge is 0.0468 e. The Hall–Kier alpha value is -1.08. The van der Waals surface area contributed by atoms with Gasteiger partial charge < -0.3 is 5.11 Å². The van der Waals surface area contributed by atoms with E-state index < -0.39 is 0 Å². The van der Waals surface area contributed by atoms with Gasteiger partial charge in [-0.25, -0.2) is 0 Å². The van der Waals surface area contributed by atoms with Crippen molar-refractivity contribution in [2.75, 3.05) is 6.61 Å². The van der Waals surface area contributed by atoms with Gasteiger partial charge in [0.15, 0.2) is 0 Å². The van der Waals surface area contributed by atoms with Crippen LogP contribution < -0.4 is 0 Å². The summed E-state index contributed by atoms with van der Waals surface area (Å²) < 4.78 is 0. The van der Waals surface area contributed by atoms with E-state index in [0.29, 0.717) is 0 Å². The van der Waals surface area contributed by atoms with Gasteiger partial charge in [0.2, 0.25) is 0 Å². The quantitative estimate of drug-likeness (QED) is 0.699. The fourth-order valence-electron chi connectivity index (χ4n) is 1.18. The van der Waals surface area contributed by atoms with Crippen molar-refractivity contribution < 1.29 is 5.11 Å². The normalized spacial score (nSPS) is 11.7. The van der Waals surface area contributed by atoms with Crippen molar-refractivity contribution in [2.45, 2.75) is 19.8 Å². The topological polar surface area (TPSA) is 20.2 Å². The number of hydrogen-bond donors (Lipinski definition) is 1. The Labute approximate surface area is 79.7 Å². The van der Waals surface area contributed by atoms with Gasteiger partial charge in [-0.1, -0.05) is 42.0 Å². The van der Waals surface area contributed by atoms with Crippen LogP contribution >= 0.6 is 0 Å². The van der Waals surface area contributed by atoms with Crippen molar-refractivity contribution in [1.82, 2.24) is 0 Å². The molecule has 70 valence electrons. The van der Waals surface area contributed by atoms with Crippen molar-refractivity contribution in [1.29, 1.82) is 0 Å². The number of hydrogen-bond acceptors (Lipinski definition) is 1. The van der Waals surface area contributed by atoms with E-state index in [-0.39, 0.29) is 6.61 Å². The largest absolute Gasteiger partial charge is 0.396 e. The third-order valence-corrected chi connectivity index (χ3v) is 2.04. The molecule has 1 N–H and O–H groups in total. The lowest BCUT2D eigenvalue weighted by Gasteiger charge is -1.98. The summed E-state index contributed by atoms with van der Waals surface area (Å²) in [6.07, 6.45) is 3.92. The first kappa shape index (κ1) is 10.0. The molecule has 13 heavy (non-hydrogen) atoms. The van der Waals surface area contributed by atoms with Crippen LogP contribution in [0.25, 0.3) is 0 Å². The van der Waals surface area contributed by atoms with Crippen molar-refractivity contribution >= 4 is 0 Å². The molecular formula is C12H16O. The zero-order chi connectivity index (χ0) is 9.52. The molecule has 0 bridgehead atoms. The molecule has 0 fully saturated rings. The average molecular weight is 176 g/mol. The van der Waals surface area contributed by atoms with Crippen LogP contribution in [0.2, 0.25) is 0 Å². The summed E-state index contributed by atoms with van der Waals surface area (Å²) in [5.74, 6) is 0. The Bertz CT molecular complexity index is 262. The van der Waals surface area contributed by atoms with Gasteiger partial charge in [0.25, 0.3) is 0 Å². The van der Waals surface area contributed by atoms with Crippen LogP contribution in [-0.2, 0) is 6.42 Å². The molecule has 0 aliphatic rings. The summed E-state index contributed by atoms with van der Waals surface area (Å²) in [6.45, 7) is 2.30. The third-order valence-electron chi connectivity index (χ3n) is 2.04. The van der Waals surface area contributed by atoms with Gasteiger partial charge in [0, 0.05) is 6.61 Å². The SMILES string of the molecule is C/C(=C\Cc1ccccc1)CCO. The highest BCUT2D eigenvalue weighted by Gasteiger charge is 1.89. The van der Waals surface area contributed by atoms with Crippen LogP contribution in [0.4, 0.5) is 0 Å². The van der Waals surface area contributed by atoms with Crippen LogP contribution in [0, 0.1) is 0 Å². The van der Waals surface area contributed by atoms with Gasteiger partial charge in [0.05, 0.1) is 0 Å². The molecule has 0 saturated carbocycles. The van der Waals surface area contributed by atoms with Crippen LogP contribution in [0.15, 0.2) is 42.0 Å². The highest BCUT2D eigenvalue weighted by atomic mass is 16.2. The third kappa shape index (κ3) is 3.90. The Kier molecular flexibility index (Phi) is 4.27. The maximum absolute atomic E-state index is 8.69. The molecule has 1 aromatic rings. The summed E-state index contributed by atoms with van der Waals surface area (Å²) >= 11 is 0. The molecule has 0 saturated heterocycles. The van der Waals surface area contributed by atoms with Crippen LogP contribution in [-0.4, -0.2) is 11.7 Å². The predicted octanol–water partition coefficient (Wildman–Crippen LogP) is 2.56. The molecule has 0 aliphatic carbocycles. The van der Waals surface area contributed by atoms with Crippen molar-refractivity contribution in [3.63, 3.8) is 0 Å². The molecule has 1 nitrogen and oxygen atoms in total. The van der Waals surface area contributed by atoms with Gasteiger partial charge in [-0.05, 0) is 25.3 Å². The minimum absolute atomic E-state index is 0.247. The maximum atomic E-state index is 8.69. The molecule has 0 atom stereocenters. The van der Waals surface area contributed by atoms with E-state index in [2.05, 4.69) is 25.1 Å². The average Bonchev–Trinajstić information content (AvgIpc) is 2.17. The van der Waals surface area contributed by atoms with Gasteiger partial charge in [-0.3, -0.25) is 0 Å². The summed E-state index contributed by atoms with van der Waals surface area (Å²) in [4.78, 5) is 0. The zero-order valence-electron chi connectivity index (χ0n) is 8.03. The standard InChI is InChI=1S/C12H16O/c1-11(9-10-13)7-8-12-5-3-2-4-6-12/h2-7,13H,8-10H2,1H3/b11-7+. The van der Waals surface area contributed by atoms with E-state index in [1.165, 1.54) is 11.1 Å². The summed E-state index contributed by atoms with van der Waals surface area (Å²) in [6, 6.07) is 10.3. The van der Waals surface area contributed by atoms with Crippen LogP contribution in [0.3, 0.4) is 0 Å². The molecule has 1 heteroatoms. The Morgan fingerprint density at radius 3 is 2.62 bits per heavy atom. The number of benzene rings is 1. The Balaban J connectivity index is 2.47. The Morgan fingerprint density at radius 2 is 2.00 bits per heavy atom. The number of aliphatic hydroxyl groups excluding tert-OH is 1. The first-order valence-electron chi connectivity index (χ1n) is 4.63. The zero-order valence-corrected chi connectivity index (χ0v) is 8.03. The van der Waals surface area contributed by atoms with Crippen LogP contribution in [0.1, 0.15) is 18.9 Å². The van der Waals surface area contributed by atoms with E-state index >= 15 is 0 Å². The summed E-state index contributed by atoms with van der Waals surface area (Å²) in [5, 5.41) is 8.69. The molecule has 1 aromatic carbocycles. The first-order valence-corrected chi connectivity index (χ1v) is 4.63. The van der Waals surface area contributed by atoms with E-state index in [1.807, 2.05) is 18.2 Å². The molecule has 0 spiro atoms. The fraction of sp³-hybridized carbons (Fsp3) is 0.333. The molecule has 0 aliphatic heterocycles. The van der Waals surface area contributed by atoms with E-state index in [9.17, 15) is 0 Å². The Morgan fingerprint density at radius 1 is 1.31 bits per heavy atom. The number of allylic oxidation sites excluding steroid dienone is 1. The highest BCUT2D eigenvalue weighted by Crippen LogP contribution is 2.04. The second kappa shape index (κ2) is 5.55. The second-order valence-corrected chi connectivity index (χ2v) is 3.21. The maximum Gasteiger partial charge on any atom is 0.0468 e. The van der Waals surface area contributed by atoms with Crippen molar-refractivity contribution in [3.8, 4) is 0 Å². The van der Waals surface area contributed by atoms with Gasteiger partial charge >= 0.3 is 0 Å². The fourth-order valence-corrected chi connectivity index (χ4v) is 1.18. The minimum Gasteiger partial charge on any atom is -0.396 e. The monoisotopic (exact) mass is 176 g/mol. The first-order chi connectivity index (χ1) is 6.33. The van der Waals surface area contributed by atoms with Gasteiger partial charge in [-0.15, -0.1) is 0 Å². The van der Waals surface area contributed by atoms with E-state index in [4.69, 9.17) is 5.11 Å². The molecule has 0 radical (unpaired) electrons. The minimum atomic E-state index is 0.247. The molecule has 0 unspecified atom stereocenters. The van der Waals surface area contributed by atoms with E-state index in [1.54, 1.807) is 0 Å². The van der Waals surface area contributed by atoms with Gasteiger partial charge in [0.1, 0.15) is 0 Å². The summed E-state index contributed by atoms with van der Waals surface area (Å²) in [5.41, 5.74) is 2.58. The highest BCUT2D eigenvalue weighted by molar-refractivity contribution is 5.18. The number of aliphatic hydroxyl groups is 1. The molecule has 0 aromatic heterocycles. The van der Waals surface area contributed by atoms with Crippen LogP contribution in [0.5, 0.6) is 0 Å². The van der Waals surface area contributed by atoms with Crippen molar-refractivity contribution in [3.05, 3.63) is 47.5 Å². The number of rotatable bonds is 4. The molecular weight excluding hydrogens is 160 g/mol. The lowest BCUT2D eigenvalue weighted by atomic mass is 10.1. The van der Waals surface area contributed by atoms with Gasteiger partial charge in [-0.2, -0.15) is 0 Å². The molecule has 0 amide bonds. The van der Waals surface area contributed by atoms with Crippen molar-refractivity contribution in [2.24, 2.45) is 0 Å². The lowest BCUT2D eigenvalue weighted by Crippen LogP contribution is -1.86. The molecule has 0 heterocycles. The lowest BCUT2D eigenvalue weighted by molar-refractivity contribution is 0.299. The predicted molar refractivity (Wildman–Crippen MR) is 55.6 cm³/mol. The second-order valence-electron chi connectivity index (χ2n) is 3.21. The van der Waals surface area contributed by atoms with E-state index in [0.717, 1.165) is 12.8 Å². The summed E-state index contributed by atoms with van der Waals surface area (Å²) in [7, 11) is 0. The molecule has 1 rings (SSSR count).